The molecular formula is C18H20N2O5. The Bertz CT molecular complexity index is 810. The number of aromatic nitrogens is 1. The van der Waals surface area contributed by atoms with Crippen LogP contribution in [0.15, 0.2) is 36.5 Å². The summed E-state index contributed by atoms with van der Waals surface area (Å²) in [4.78, 5) is 35.8. The molecule has 1 aromatic carbocycles. The van der Waals surface area contributed by atoms with Gasteiger partial charge in [-0.05, 0) is 32.0 Å². The molecule has 2 rings (SSSR count). The molecule has 2 aromatic rings. The van der Waals surface area contributed by atoms with Gasteiger partial charge >= 0.3 is 5.97 Å². The van der Waals surface area contributed by atoms with E-state index in [9.17, 15) is 14.4 Å². The molecule has 1 amide bonds. The molecule has 0 saturated carbocycles. The van der Waals surface area contributed by atoms with Crippen molar-refractivity contribution in [1.82, 2.24) is 4.57 Å². The van der Waals surface area contributed by atoms with Gasteiger partial charge in [0, 0.05) is 30.6 Å². The van der Waals surface area contributed by atoms with Crippen molar-refractivity contribution in [1.29, 1.82) is 0 Å². The van der Waals surface area contributed by atoms with Crippen molar-refractivity contribution in [2.24, 2.45) is 7.05 Å². The minimum atomic E-state index is -1.01. The van der Waals surface area contributed by atoms with Crippen LogP contribution in [0, 0.1) is 0 Å². The van der Waals surface area contributed by atoms with Crippen LogP contribution >= 0.6 is 0 Å². The molecule has 0 aliphatic heterocycles. The predicted molar refractivity (Wildman–Crippen MR) is 91.9 cm³/mol. The Morgan fingerprint density at radius 1 is 1.20 bits per heavy atom. The van der Waals surface area contributed by atoms with Gasteiger partial charge in [0.1, 0.15) is 11.4 Å². The van der Waals surface area contributed by atoms with Crippen molar-refractivity contribution in [2.75, 3.05) is 12.4 Å². The highest BCUT2D eigenvalue weighted by Crippen LogP contribution is 2.17. The Kier molecular flexibility index (Phi) is 5.59. The standard InChI is InChI=1S/C18H20N2O5/c1-11(21)13-8-16(20(3)10-13)18(23)25-12(2)17(22)19-14-6-5-7-15(9-14)24-4/h5-10,12H,1-4H3,(H,19,22)/t12-/m0/s1. The summed E-state index contributed by atoms with van der Waals surface area (Å²) in [6, 6.07) is 8.28. The summed E-state index contributed by atoms with van der Waals surface area (Å²) >= 11 is 0. The highest BCUT2D eigenvalue weighted by atomic mass is 16.5. The van der Waals surface area contributed by atoms with Crippen molar-refractivity contribution in [3.63, 3.8) is 0 Å². The fraction of sp³-hybridized carbons (Fsp3) is 0.278. The summed E-state index contributed by atoms with van der Waals surface area (Å²) in [5.41, 5.74) is 1.14. The number of Topliss-reactive ketones (excluding diaryl/α,β-unsaturated/α-hetero) is 1. The largest absolute Gasteiger partial charge is 0.497 e. The topological polar surface area (TPSA) is 86.6 Å². The zero-order valence-electron chi connectivity index (χ0n) is 14.5. The number of carbonyl (C=O) groups is 3. The second-order valence-electron chi connectivity index (χ2n) is 5.55. The quantitative estimate of drug-likeness (QED) is 0.642. The number of rotatable bonds is 6. The van der Waals surface area contributed by atoms with E-state index in [0.717, 1.165) is 0 Å². The number of ether oxygens (including phenoxy) is 2. The molecule has 0 aliphatic rings. The molecule has 0 unspecified atom stereocenters. The lowest BCUT2D eigenvalue weighted by molar-refractivity contribution is -0.123. The van der Waals surface area contributed by atoms with E-state index in [4.69, 9.17) is 9.47 Å². The van der Waals surface area contributed by atoms with Crippen LogP contribution in [0.3, 0.4) is 0 Å². The molecule has 132 valence electrons. The summed E-state index contributed by atoms with van der Waals surface area (Å²) in [5.74, 6) is -0.701. The van der Waals surface area contributed by atoms with Gasteiger partial charge in [-0.25, -0.2) is 4.79 Å². The number of nitrogens with one attached hydrogen (secondary N) is 1. The maximum Gasteiger partial charge on any atom is 0.355 e. The van der Waals surface area contributed by atoms with E-state index in [1.54, 1.807) is 37.5 Å². The Morgan fingerprint density at radius 2 is 1.92 bits per heavy atom. The highest BCUT2D eigenvalue weighted by Gasteiger charge is 2.22. The lowest BCUT2D eigenvalue weighted by atomic mass is 10.2. The molecular weight excluding hydrogens is 324 g/mol. The van der Waals surface area contributed by atoms with Crippen LogP contribution in [-0.2, 0) is 16.6 Å². The van der Waals surface area contributed by atoms with Gasteiger partial charge in [0.05, 0.1) is 7.11 Å². The van der Waals surface area contributed by atoms with Crippen LogP contribution in [-0.4, -0.2) is 35.4 Å². The molecule has 0 radical (unpaired) electrons. The van der Waals surface area contributed by atoms with Crippen LogP contribution in [0.1, 0.15) is 34.7 Å². The number of anilines is 1. The number of hydrogen-bond acceptors (Lipinski definition) is 5. The minimum Gasteiger partial charge on any atom is -0.497 e. The first-order valence-corrected chi connectivity index (χ1v) is 7.65. The molecule has 1 N–H and O–H groups in total. The third-order valence-electron chi connectivity index (χ3n) is 3.61. The SMILES string of the molecule is COc1cccc(NC(=O)[C@H](C)OC(=O)c2cc(C(C)=O)cn2C)c1. The van der Waals surface area contributed by atoms with E-state index in [1.165, 1.54) is 31.6 Å². The normalized spacial score (nSPS) is 11.5. The van der Waals surface area contributed by atoms with Crippen molar-refractivity contribution in [3.05, 3.63) is 47.8 Å². The van der Waals surface area contributed by atoms with E-state index in [1.807, 2.05) is 0 Å². The number of hydrogen-bond donors (Lipinski definition) is 1. The van der Waals surface area contributed by atoms with Gasteiger partial charge in [0.2, 0.25) is 0 Å². The zero-order chi connectivity index (χ0) is 18.6. The first-order valence-electron chi connectivity index (χ1n) is 7.65. The van der Waals surface area contributed by atoms with Crippen molar-refractivity contribution < 1.29 is 23.9 Å². The fourth-order valence-corrected chi connectivity index (χ4v) is 2.18. The maximum atomic E-state index is 12.2. The maximum absolute atomic E-state index is 12.2. The van der Waals surface area contributed by atoms with Gasteiger partial charge in [0.25, 0.3) is 5.91 Å². The molecule has 0 aliphatic carbocycles. The Morgan fingerprint density at radius 3 is 2.52 bits per heavy atom. The van der Waals surface area contributed by atoms with E-state index in [0.29, 0.717) is 17.0 Å². The summed E-state index contributed by atoms with van der Waals surface area (Å²) in [6.07, 6.45) is 0.536. The van der Waals surface area contributed by atoms with Gasteiger partial charge in [-0.1, -0.05) is 6.07 Å². The van der Waals surface area contributed by atoms with E-state index in [-0.39, 0.29) is 11.5 Å². The lowest BCUT2D eigenvalue weighted by Crippen LogP contribution is -2.30. The molecule has 7 heteroatoms. The number of esters is 1. The van der Waals surface area contributed by atoms with Gasteiger partial charge in [-0.2, -0.15) is 0 Å². The molecule has 0 saturated heterocycles. The fourth-order valence-electron chi connectivity index (χ4n) is 2.18. The summed E-state index contributed by atoms with van der Waals surface area (Å²) in [7, 11) is 3.16. The minimum absolute atomic E-state index is 0.154. The van der Waals surface area contributed by atoms with Gasteiger partial charge in [-0.15, -0.1) is 0 Å². The van der Waals surface area contributed by atoms with E-state index >= 15 is 0 Å². The lowest BCUT2D eigenvalue weighted by Gasteiger charge is -2.14. The van der Waals surface area contributed by atoms with Crippen LogP contribution in [0.4, 0.5) is 5.69 Å². The van der Waals surface area contributed by atoms with Crippen LogP contribution in [0.5, 0.6) is 5.75 Å². The molecule has 7 nitrogen and oxygen atoms in total. The molecule has 0 fully saturated rings. The summed E-state index contributed by atoms with van der Waals surface area (Å²) in [6.45, 7) is 2.89. The second kappa shape index (κ2) is 7.65. The Hall–Kier alpha value is -3.09. The molecule has 0 spiro atoms. The monoisotopic (exact) mass is 344 g/mol. The average Bonchev–Trinajstić information content (AvgIpc) is 2.97. The molecule has 1 atom stereocenters. The van der Waals surface area contributed by atoms with Crippen molar-refractivity contribution in [3.8, 4) is 5.75 Å². The highest BCUT2D eigenvalue weighted by molar-refractivity contribution is 5.99. The average molecular weight is 344 g/mol. The number of nitrogens with zero attached hydrogens (tertiary/aromatic N) is 1. The third kappa shape index (κ3) is 4.47. The van der Waals surface area contributed by atoms with Gasteiger partial charge in [0.15, 0.2) is 11.9 Å². The molecule has 1 aromatic heterocycles. The first kappa shape index (κ1) is 18.3. The van der Waals surface area contributed by atoms with Crippen molar-refractivity contribution in [2.45, 2.75) is 20.0 Å². The zero-order valence-corrected chi connectivity index (χ0v) is 14.5. The molecule has 1 heterocycles. The number of aryl methyl sites for hydroxylation is 1. The summed E-state index contributed by atoms with van der Waals surface area (Å²) < 4.78 is 11.8. The van der Waals surface area contributed by atoms with Crippen LogP contribution in [0.2, 0.25) is 0 Å². The first-order chi connectivity index (χ1) is 11.8. The molecule has 25 heavy (non-hydrogen) atoms. The van der Waals surface area contributed by atoms with Gasteiger partial charge in [-0.3, -0.25) is 9.59 Å². The molecule has 0 bridgehead atoms. The van der Waals surface area contributed by atoms with E-state index in [2.05, 4.69) is 5.32 Å². The Labute approximate surface area is 145 Å². The third-order valence-corrected chi connectivity index (χ3v) is 3.61. The predicted octanol–water partition coefficient (Wildman–Crippen LogP) is 2.42. The van der Waals surface area contributed by atoms with Gasteiger partial charge < -0.3 is 19.4 Å². The Balaban J connectivity index is 2.02. The number of carbonyl (C=O) groups excluding carboxylic acids is 3. The number of methoxy groups -OCH3 is 1. The second-order valence-corrected chi connectivity index (χ2v) is 5.55. The van der Waals surface area contributed by atoms with E-state index < -0.39 is 18.0 Å². The van der Waals surface area contributed by atoms with Crippen molar-refractivity contribution >= 4 is 23.3 Å². The van der Waals surface area contributed by atoms with Crippen LogP contribution in [0.25, 0.3) is 0 Å². The number of ketones is 1. The number of amides is 1. The van der Waals surface area contributed by atoms with Crippen LogP contribution < -0.4 is 10.1 Å². The summed E-state index contributed by atoms with van der Waals surface area (Å²) in [5, 5.41) is 2.65. The smallest absolute Gasteiger partial charge is 0.355 e. The number of benzene rings is 1.